The first-order valence-electron chi connectivity index (χ1n) is 5.00. The maximum atomic E-state index is 12.5. The van der Waals surface area contributed by atoms with Crippen LogP contribution in [0.5, 0.6) is 5.75 Å². The van der Waals surface area contributed by atoms with E-state index < -0.39 is 29.7 Å². The molecule has 0 spiro atoms. The van der Waals surface area contributed by atoms with E-state index in [-0.39, 0.29) is 12.8 Å². The number of nitrogens with two attached hydrogens (primary N) is 1. The van der Waals surface area contributed by atoms with Crippen molar-refractivity contribution in [2.45, 2.75) is 25.3 Å². The van der Waals surface area contributed by atoms with Crippen molar-refractivity contribution in [1.82, 2.24) is 0 Å². The number of carboxylic acid groups (broad SMARTS) is 1. The van der Waals surface area contributed by atoms with Crippen molar-refractivity contribution in [3.05, 3.63) is 29.3 Å². The average Bonchev–Trinajstić information content (AvgIpc) is 2.26. The minimum absolute atomic E-state index is 0.133. The molecule has 1 aromatic carbocycles. The fourth-order valence-electron chi connectivity index (χ4n) is 1.42. The van der Waals surface area contributed by atoms with E-state index >= 15 is 0 Å². The van der Waals surface area contributed by atoms with Gasteiger partial charge in [-0.2, -0.15) is 0 Å². The summed E-state index contributed by atoms with van der Waals surface area (Å²) in [5, 5.41) is 17.7. The highest BCUT2D eigenvalue weighted by Gasteiger charge is 2.16. The van der Waals surface area contributed by atoms with Gasteiger partial charge in [-0.25, -0.2) is 8.78 Å². The van der Waals surface area contributed by atoms with E-state index in [1.807, 2.05) is 0 Å². The number of aromatic hydroxyl groups is 1. The summed E-state index contributed by atoms with van der Waals surface area (Å²) in [5.41, 5.74) is 5.57. The van der Waals surface area contributed by atoms with Crippen LogP contribution in [-0.4, -0.2) is 16.2 Å². The molecule has 0 radical (unpaired) electrons. The molecule has 0 aliphatic heterocycles. The van der Waals surface area contributed by atoms with Gasteiger partial charge in [0.25, 0.3) is 6.43 Å². The van der Waals surface area contributed by atoms with E-state index in [4.69, 9.17) is 10.8 Å². The molecule has 94 valence electrons. The van der Waals surface area contributed by atoms with Crippen LogP contribution in [-0.2, 0) is 4.79 Å². The number of benzene rings is 1. The van der Waals surface area contributed by atoms with E-state index in [9.17, 15) is 18.7 Å². The van der Waals surface area contributed by atoms with E-state index in [0.29, 0.717) is 5.56 Å². The van der Waals surface area contributed by atoms with Crippen LogP contribution >= 0.6 is 0 Å². The van der Waals surface area contributed by atoms with Gasteiger partial charge < -0.3 is 15.9 Å². The maximum absolute atomic E-state index is 12.5. The standard InChI is InChI=1S/C11H13F2NO3/c12-11(13)7-5-6(1-3-9(7)15)8(14)2-4-10(16)17/h1,3,5,8,11,15H,2,4,14H2,(H,16,17). The first-order chi connectivity index (χ1) is 7.91. The number of carbonyl (C=O) groups is 1. The van der Waals surface area contributed by atoms with Gasteiger partial charge in [0.2, 0.25) is 0 Å². The van der Waals surface area contributed by atoms with Crippen LogP contribution < -0.4 is 5.73 Å². The Morgan fingerprint density at radius 2 is 2.06 bits per heavy atom. The van der Waals surface area contributed by atoms with Crippen molar-refractivity contribution >= 4 is 5.97 Å². The molecule has 4 nitrogen and oxygen atoms in total. The summed E-state index contributed by atoms with van der Waals surface area (Å²) in [6, 6.07) is 3.02. The second kappa shape index (κ2) is 5.58. The summed E-state index contributed by atoms with van der Waals surface area (Å²) in [6.07, 6.45) is -2.77. The summed E-state index contributed by atoms with van der Waals surface area (Å²) in [5.74, 6) is -1.48. The highest BCUT2D eigenvalue weighted by molar-refractivity contribution is 5.66. The fourth-order valence-corrected chi connectivity index (χ4v) is 1.42. The minimum Gasteiger partial charge on any atom is -0.507 e. The molecular formula is C11H13F2NO3. The zero-order chi connectivity index (χ0) is 13.0. The maximum Gasteiger partial charge on any atom is 0.303 e. The molecule has 0 saturated heterocycles. The Morgan fingerprint density at radius 1 is 1.41 bits per heavy atom. The topological polar surface area (TPSA) is 83.6 Å². The van der Waals surface area contributed by atoms with E-state index in [1.54, 1.807) is 0 Å². The number of alkyl halides is 2. The number of halogens is 2. The van der Waals surface area contributed by atoms with Crippen LogP contribution in [0.4, 0.5) is 8.78 Å². The molecule has 0 saturated carbocycles. The Hall–Kier alpha value is -1.69. The minimum atomic E-state index is -2.79. The van der Waals surface area contributed by atoms with Gasteiger partial charge in [0.05, 0.1) is 5.56 Å². The van der Waals surface area contributed by atoms with Gasteiger partial charge in [-0.05, 0) is 24.1 Å². The summed E-state index contributed by atoms with van der Waals surface area (Å²) in [4.78, 5) is 10.3. The predicted octanol–water partition coefficient (Wildman–Crippen LogP) is 2.19. The second-order valence-electron chi connectivity index (χ2n) is 3.66. The molecule has 1 rings (SSSR count). The van der Waals surface area contributed by atoms with Crippen molar-refractivity contribution in [1.29, 1.82) is 0 Å². The normalized spacial score (nSPS) is 12.7. The van der Waals surface area contributed by atoms with Crippen LogP contribution in [0.25, 0.3) is 0 Å². The van der Waals surface area contributed by atoms with Gasteiger partial charge in [0.1, 0.15) is 5.75 Å². The Balaban J connectivity index is 2.84. The van der Waals surface area contributed by atoms with Gasteiger partial charge in [0.15, 0.2) is 0 Å². The molecule has 0 aromatic heterocycles. The second-order valence-corrected chi connectivity index (χ2v) is 3.66. The number of hydrogen-bond donors (Lipinski definition) is 3. The number of rotatable bonds is 5. The van der Waals surface area contributed by atoms with Crippen molar-refractivity contribution in [3.8, 4) is 5.75 Å². The summed E-state index contributed by atoms with van der Waals surface area (Å²) in [6.45, 7) is 0. The van der Waals surface area contributed by atoms with Crippen molar-refractivity contribution in [3.63, 3.8) is 0 Å². The molecule has 1 aromatic rings. The first-order valence-corrected chi connectivity index (χ1v) is 5.00. The number of hydrogen-bond acceptors (Lipinski definition) is 3. The molecule has 1 unspecified atom stereocenters. The lowest BCUT2D eigenvalue weighted by Gasteiger charge is -2.13. The van der Waals surface area contributed by atoms with E-state index in [1.165, 1.54) is 6.07 Å². The number of carboxylic acids is 1. The van der Waals surface area contributed by atoms with Gasteiger partial charge >= 0.3 is 5.97 Å². The Morgan fingerprint density at radius 3 is 2.59 bits per heavy atom. The number of phenols is 1. The molecule has 4 N–H and O–H groups in total. The SMILES string of the molecule is NC(CCC(=O)O)c1ccc(O)c(C(F)F)c1. The third kappa shape index (κ3) is 3.67. The average molecular weight is 245 g/mol. The fraction of sp³-hybridized carbons (Fsp3) is 0.364. The summed E-state index contributed by atoms with van der Waals surface area (Å²) in [7, 11) is 0. The monoisotopic (exact) mass is 245 g/mol. The molecular weight excluding hydrogens is 232 g/mol. The lowest BCUT2D eigenvalue weighted by molar-refractivity contribution is -0.137. The predicted molar refractivity (Wildman–Crippen MR) is 56.9 cm³/mol. The lowest BCUT2D eigenvalue weighted by atomic mass is 10.0. The van der Waals surface area contributed by atoms with Crippen molar-refractivity contribution < 1.29 is 23.8 Å². The molecule has 0 aliphatic rings. The van der Waals surface area contributed by atoms with Gasteiger partial charge in [-0.3, -0.25) is 4.79 Å². The van der Waals surface area contributed by atoms with Crippen LogP contribution in [0.2, 0.25) is 0 Å². The number of aliphatic carboxylic acids is 1. The Labute approximate surface area is 96.7 Å². The van der Waals surface area contributed by atoms with E-state index in [2.05, 4.69) is 0 Å². The Bertz CT molecular complexity index is 410. The highest BCUT2D eigenvalue weighted by Crippen LogP contribution is 2.30. The summed E-state index contributed by atoms with van der Waals surface area (Å²) < 4.78 is 25.0. The van der Waals surface area contributed by atoms with Crippen molar-refractivity contribution in [2.24, 2.45) is 5.73 Å². The van der Waals surface area contributed by atoms with Gasteiger partial charge in [0, 0.05) is 12.5 Å². The number of phenolic OH excluding ortho intramolecular Hbond substituents is 1. The third-order valence-electron chi connectivity index (χ3n) is 2.38. The molecule has 6 heteroatoms. The largest absolute Gasteiger partial charge is 0.507 e. The molecule has 17 heavy (non-hydrogen) atoms. The molecule has 0 fully saturated rings. The smallest absolute Gasteiger partial charge is 0.303 e. The summed E-state index contributed by atoms with van der Waals surface area (Å²) >= 11 is 0. The van der Waals surface area contributed by atoms with E-state index in [0.717, 1.165) is 12.1 Å². The van der Waals surface area contributed by atoms with Crippen molar-refractivity contribution in [2.75, 3.05) is 0 Å². The zero-order valence-electron chi connectivity index (χ0n) is 8.94. The molecule has 0 bridgehead atoms. The highest BCUT2D eigenvalue weighted by atomic mass is 19.3. The molecule has 1 atom stereocenters. The molecule has 0 amide bonds. The Kier molecular flexibility index (Phi) is 4.39. The zero-order valence-corrected chi connectivity index (χ0v) is 8.94. The quantitative estimate of drug-likeness (QED) is 0.742. The van der Waals surface area contributed by atoms with Crippen LogP contribution in [0, 0.1) is 0 Å². The first kappa shape index (κ1) is 13.4. The lowest BCUT2D eigenvalue weighted by Crippen LogP contribution is -2.12. The van der Waals surface area contributed by atoms with Gasteiger partial charge in [-0.1, -0.05) is 6.07 Å². The van der Waals surface area contributed by atoms with Crippen LogP contribution in [0.3, 0.4) is 0 Å². The van der Waals surface area contributed by atoms with Crippen LogP contribution in [0.1, 0.15) is 36.4 Å². The molecule has 0 aliphatic carbocycles. The van der Waals surface area contributed by atoms with Crippen LogP contribution in [0.15, 0.2) is 18.2 Å². The third-order valence-corrected chi connectivity index (χ3v) is 2.38. The van der Waals surface area contributed by atoms with Gasteiger partial charge in [-0.15, -0.1) is 0 Å². The molecule has 0 heterocycles.